The maximum Gasteiger partial charge on any atom is 0.235 e. The Bertz CT molecular complexity index is 416. The highest BCUT2D eigenvalue weighted by atomic mass is 16.5. The summed E-state index contributed by atoms with van der Waals surface area (Å²) in [4.78, 5) is 2.38. The fourth-order valence-corrected chi connectivity index (χ4v) is 2.70. The number of likely N-dealkylation sites (N-methyl/N-ethyl adjacent to an activating group) is 1. The van der Waals surface area contributed by atoms with Crippen LogP contribution in [0, 0.1) is 0 Å². The van der Waals surface area contributed by atoms with E-state index in [9.17, 15) is 0 Å². The summed E-state index contributed by atoms with van der Waals surface area (Å²) in [6.07, 6.45) is 5.75. The van der Waals surface area contributed by atoms with E-state index in [1.165, 1.54) is 19.3 Å². The summed E-state index contributed by atoms with van der Waals surface area (Å²) in [6.45, 7) is 3.99. The zero-order valence-corrected chi connectivity index (χ0v) is 12.4. The van der Waals surface area contributed by atoms with Gasteiger partial charge in [-0.15, -0.1) is 0 Å². The molecule has 1 aliphatic rings. The molecule has 0 bridgehead atoms. The van der Waals surface area contributed by atoms with Crippen LogP contribution in [0.5, 0.6) is 5.88 Å². The number of nitrogen functional groups attached to an aromatic ring is 1. The van der Waals surface area contributed by atoms with Gasteiger partial charge < -0.3 is 15.4 Å². The maximum absolute atomic E-state index is 6.12. The highest BCUT2D eigenvalue weighted by Crippen LogP contribution is 2.26. The Kier molecular flexibility index (Phi) is 4.69. The predicted octanol–water partition coefficient (Wildman–Crippen LogP) is 1.82. The van der Waals surface area contributed by atoms with Gasteiger partial charge in [-0.1, -0.05) is 19.8 Å². The lowest BCUT2D eigenvalue weighted by Crippen LogP contribution is -2.40. The van der Waals surface area contributed by atoms with E-state index in [1.807, 2.05) is 7.05 Å². The zero-order valence-electron chi connectivity index (χ0n) is 12.4. The highest BCUT2D eigenvalue weighted by molar-refractivity contribution is 5.53. The number of ether oxygens (including phenoxy) is 1. The van der Waals surface area contributed by atoms with Gasteiger partial charge in [0, 0.05) is 13.1 Å². The molecule has 5 heteroatoms. The molecule has 19 heavy (non-hydrogen) atoms. The quantitative estimate of drug-likeness (QED) is 0.883. The van der Waals surface area contributed by atoms with Gasteiger partial charge in [0.25, 0.3) is 0 Å². The molecule has 2 N–H and O–H groups in total. The van der Waals surface area contributed by atoms with E-state index >= 15 is 0 Å². The minimum atomic E-state index is 0.498. The van der Waals surface area contributed by atoms with Crippen LogP contribution >= 0.6 is 0 Å². The molecule has 1 atom stereocenters. The lowest BCUT2D eigenvalue weighted by Gasteiger charge is -2.32. The molecular weight excluding hydrogens is 240 g/mol. The molecule has 0 saturated carbocycles. The molecule has 0 spiro atoms. The number of anilines is 1. The van der Waals surface area contributed by atoms with E-state index in [-0.39, 0.29) is 0 Å². The van der Waals surface area contributed by atoms with E-state index < -0.39 is 0 Å². The molecule has 1 saturated heterocycles. The van der Waals surface area contributed by atoms with Gasteiger partial charge in [-0.25, -0.2) is 4.68 Å². The average Bonchev–Trinajstić information content (AvgIpc) is 2.65. The van der Waals surface area contributed by atoms with Crippen molar-refractivity contribution in [2.75, 3.05) is 25.9 Å². The van der Waals surface area contributed by atoms with Gasteiger partial charge in [0.1, 0.15) is 12.3 Å². The van der Waals surface area contributed by atoms with Crippen molar-refractivity contribution in [1.29, 1.82) is 0 Å². The molecule has 1 fully saturated rings. The molecule has 0 aliphatic carbocycles. The second kappa shape index (κ2) is 6.28. The Labute approximate surface area is 115 Å². The fourth-order valence-electron chi connectivity index (χ4n) is 2.70. The normalized spacial score (nSPS) is 20.7. The minimum Gasteiger partial charge on any atom is -0.475 e. The number of aromatic nitrogens is 2. The number of piperidine rings is 1. The minimum absolute atomic E-state index is 0.498. The molecule has 108 valence electrons. The van der Waals surface area contributed by atoms with Crippen LogP contribution in [0.15, 0.2) is 0 Å². The smallest absolute Gasteiger partial charge is 0.235 e. The van der Waals surface area contributed by atoms with Crippen LogP contribution in [-0.4, -0.2) is 40.9 Å². The third kappa shape index (κ3) is 3.21. The molecule has 5 nitrogen and oxygen atoms in total. The number of hydrogen-bond acceptors (Lipinski definition) is 4. The van der Waals surface area contributed by atoms with E-state index in [4.69, 9.17) is 10.5 Å². The van der Waals surface area contributed by atoms with Gasteiger partial charge in [-0.2, -0.15) is 5.10 Å². The van der Waals surface area contributed by atoms with Crippen LogP contribution < -0.4 is 10.5 Å². The third-order valence-electron chi connectivity index (χ3n) is 3.93. The fraction of sp³-hybridized carbons (Fsp3) is 0.786. The second-order valence-corrected chi connectivity index (χ2v) is 5.48. The Morgan fingerprint density at radius 3 is 2.84 bits per heavy atom. The van der Waals surface area contributed by atoms with E-state index in [2.05, 4.69) is 24.0 Å². The molecular formula is C14H26N4O. The van der Waals surface area contributed by atoms with Gasteiger partial charge in [0.05, 0.1) is 5.69 Å². The predicted molar refractivity (Wildman–Crippen MR) is 77.4 cm³/mol. The molecule has 0 radical (unpaired) electrons. The molecule has 1 aromatic rings. The first-order valence-electron chi connectivity index (χ1n) is 7.27. The summed E-state index contributed by atoms with van der Waals surface area (Å²) < 4.78 is 7.71. The Balaban J connectivity index is 1.98. The highest BCUT2D eigenvalue weighted by Gasteiger charge is 2.21. The van der Waals surface area contributed by atoms with Crippen molar-refractivity contribution >= 4 is 5.69 Å². The SMILES string of the molecule is CCCc1nn(C)c(OCC2CCCCN2C)c1N. The number of rotatable bonds is 5. The number of nitrogens with two attached hydrogens (primary N) is 1. The molecule has 1 aromatic heterocycles. The topological polar surface area (TPSA) is 56.3 Å². The summed E-state index contributed by atoms with van der Waals surface area (Å²) in [5.74, 6) is 0.724. The zero-order chi connectivity index (χ0) is 13.8. The van der Waals surface area contributed by atoms with Crippen molar-refractivity contribution in [2.24, 2.45) is 7.05 Å². The summed E-state index contributed by atoms with van der Waals surface area (Å²) in [5, 5.41) is 4.44. The molecule has 1 aliphatic heterocycles. The first kappa shape index (κ1) is 14.2. The van der Waals surface area contributed by atoms with Gasteiger partial charge in [-0.05, 0) is 32.9 Å². The Hall–Kier alpha value is -1.23. The van der Waals surface area contributed by atoms with Crippen molar-refractivity contribution in [3.63, 3.8) is 0 Å². The van der Waals surface area contributed by atoms with Crippen molar-refractivity contribution in [1.82, 2.24) is 14.7 Å². The standard InChI is InChI=1S/C14H26N4O/c1-4-7-12-13(15)14(18(3)16-12)19-10-11-8-5-6-9-17(11)2/h11H,4-10,15H2,1-3H3. The van der Waals surface area contributed by atoms with Crippen LogP contribution in [0.25, 0.3) is 0 Å². The van der Waals surface area contributed by atoms with Crippen LogP contribution in [0.1, 0.15) is 38.3 Å². The van der Waals surface area contributed by atoms with Crippen molar-refractivity contribution < 1.29 is 4.74 Å². The monoisotopic (exact) mass is 266 g/mol. The van der Waals surface area contributed by atoms with Gasteiger partial charge >= 0.3 is 0 Å². The third-order valence-corrected chi connectivity index (χ3v) is 3.93. The Morgan fingerprint density at radius 2 is 2.16 bits per heavy atom. The van der Waals surface area contributed by atoms with Crippen LogP contribution in [0.4, 0.5) is 5.69 Å². The van der Waals surface area contributed by atoms with E-state index in [0.717, 1.165) is 31.0 Å². The van der Waals surface area contributed by atoms with Crippen LogP contribution in [0.3, 0.4) is 0 Å². The van der Waals surface area contributed by atoms with Crippen molar-refractivity contribution in [2.45, 2.75) is 45.1 Å². The largest absolute Gasteiger partial charge is 0.475 e. The van der Waals surface area contributed by atoms with Gasteiger partial charge in [0.15, 0.2) is 0 Å². The summed E-state index contributed by atoms with van der Waals surface area (Å²) in [7, 11) is 4.07. The first-order chi connectivity index (χ1) is 9.13. The average molecular weight is 266 g/mol. The number of hydrogen-bond donors (Lipinski definition) is 1. The van der Waals surface area contributed by atoms with Crippen molar-refractivity contribution in [3.8, 4) is 5.88 Å². The van der Waals surface area contributed by atoms with Gasteiger partial charge in [-0.3, -0.25) is 0 Å². The molecule has 0 aromatic carbocycles. The van der Waals surface area contributed by atoms with E-state index in [1.54, 1.807) is 4.68 Å². The van der Waals surface area contributed by atoms with Crippen LogP contribution in [-0.2, 0) is 13.5 Å². The summed E-state index contributed by atoms with van der Waals surface area (Å²) in [6, 6.07) is 0.498. The van der Waals surface area contributed by atoms with E-state index in [0.29, 0.717) is 18.3 Å². The lowest BCUT2D eigenvalue weighted by molar-refractivity contribution is 0.120. The molecule has 1 unspecified atom stereocenters. The maximum atomic E-state index is 6.12. The molecule has 2 heterocycles. The summed E-state index contributed by atoms with van der Waals surface area (Å²) >= 11 is 0. The van der Waals surface area contributed by atoms with Crippen LogP contribution in [0.2, 0.25) is 0 Å². The molecule has 0 amide bonds. The first-order valence-corrected chi connectivity index (χ1v) is 7.27. The number of likely N-dealkylation sites (tertiary alicyclic amines) is 1. The molecule has 2 rings (SSSR count). The number of nitrogens with zero attached hydrogens (tertiary/aromatic N) is 3. The summed E-state index contributed by atoms with van der Waals surface area (Å²) in [5.41, 5.74) is 7.79. The van der Waals surface area contributed by atoms with Crippen molar-refractivity contribution in [3.05, 3.63) is 5.69 Å². The lowest BCUT2D eigenvalue weighted by atomic mass is 10.0. The van der Waals surface area contributed by atoms with Gasteiger partial charge in [0.2, 0.25) is 5.88 Å². The Morgan fingerprint density at radius 1 is 1.37 bits per heavy atom. The second-order valence-electron chi connectivity index (χ2n) is 5.48. The number of aryl methyl sites for hydroxylation is 2.